The Kier molecular flexibility index (Phi) is 4.66. The molecule has 0 saturated carbocycles. The van der Waals surface area contributed by atoms with Gasteiger partial charge in [-0.15, -0.1) is 0 Å². The molecule has 1 fully saturated rings. The highest BCUT2D eigenvalue weighted by molar-refractivity contribution is 5.88. The summed E-state index contributed by atoms with van der Waals surface area (Å²) in [6, 6.07) is 3.24. The lowest BCUT2D eigenvalue weighted by atomic mass is 10.2. The first kappa shape index (κ1) is 13.0. The van der Waals surface area contributed by atoms with Crippen molar-refractivity contribution in [3.63, 3.8) is 0 Å². The molecule has 5 heteroatoms. The molecule has 1 aromatic rings. The lowest BCUT2D eigenvalue weighted by Gasteiger charge is -2.14. The first-order chi connectivity index (χ1) is 8.77. The Morgan fingerprint density at radius 1 is 1.44 bits per heavy atom. The highest BCUT2D eigenvalue weighted by Crippen LogP contribution is 2.06. The standard InChI is InChI=1S/C13H19N3O2/c17-13(18)11-4-3-5-15-12(11)10-14-6-9-16-7-1-2-8-16/h3-5,14H,1-2,6-10H2,(H,17,18). The second kappa shape index (κ2) is 6.47. The summed E-state index contributed by atoms with van der Waals surface area (Å²) in [5.74, 6) is -0.917. The zero-order valence-corrected chi connectivity index (χ0v) is 10.4. The van der Waals surface area contributed by atoms with E-state index in [1.807, 2.05) is 0 Å². The molecule has 0 unspecified atom stereocenters. The SMILES string of the molecule is O=C(O)c1cccnc1CNCCN1CCCC1. The molecular weight excluding hydrogens is 230 g/mol. The van der Waals surface area contributed by atoms with Gasteiger partial charge in [0.15, 0.2) is 0 Å². The maximum Gasteiger partial charge on any atom is 0.337 e. The number of carboxylic acid groups (broad SMARTS) is 1. The van der Waals surface area contributed by atoms with Crippen LogP contribution in [0.1, 0.15) is 28.9 Å². The number of likely N-dealkylation sites (tertiary alicyclic amines) is 1. The third kappa shape index (κ3) is 3.51. The van der Waals surface area contributed by atoms with E-state index in [0.717, 1.165) is 13.1 Å². The minimum Gasteiger partial charge on any atom is -0.478 e. The zero-order chi connectivity index (χ0) is 12.8. The Morgan fingerprint density at radius 3 is 2.94 bits per heavy atom. The molecule has 1 aromatic heterocycles. The van der Waals surface area contributed by atoms with Gasteiger partial charge in [0, 0.05) is 25.8 Å². The molecule has 0 aromatic carbocycles. The second-order valence-electron chi connectivity index (χ2n) is 4.53. The van der Waals surface area contributed by atoms with Crippen molar-refractivity contribution >= 4 is 5.97 Å². The first-order valence-electron chi connectivity index (χ1n) is 6.37. The summed E-state index contributed by atoms with van der Waals surface area (Å²) in [6.07, 6.45) is 4.22. The zero-order valence-electron chi connectivity index (χ0n) is 10.4. The van der Waals surface area contributed by atoms with Gasteiger partial charge in [0.25, 0.3) is 0 Å². The molecule has 2 heterocycles. The van der Waals surface area contributed by atoms with E-state index in [2.05, 4.69) is 15.2 Å². The van der Waals surface area contributed by atoms with Crippen LogP contribution in [0, 0.1) is 0 Å². The average Bonchev–Trinajstić information content (AvgIpc) is 2.88. The maximum absolute atomic E-state index is 11.0. The number of nitrogens with one attached hydrogen (secondary N) is 1. The lowest BCUT2D eigenvalue weighted by Crippen LogP contribution is -2.30. The minimum atomic E-state index is -0.917. The van der Waals surface area contributed by atoms with E-state index in [1.54, 1.807) is 18.3 Å². The molecule has 0 radical (unpaired) electrons. The van der Waals surface area contributed by atoms with Crippen LogP contribution in [0.15, 0.2) is 18.3 Å². The van der Waals surface area contributed by atoms with Gasteiger partial charge in [-0.2, -0.15) is 0 Å². The van der Waals surface area contributed by atoms with Crippen molar-refractivity contribution in [2.24, 2.45) is 0 Å². The third-order valence-electron chi connectivity index (χ3n) is 3.22. The van der Waals surface area contributed by atoms with Crippen LogP contribution in [0.4, 0.5) is 0 Å². The summed E-state index contributed by atoms with van der Waals surface area (Å²) in [5.41, 5.74) is 0.887. The van der Waals surface area contributed by atoms with Gasteiger partial charge in [-0.05, 0) is 38.1 Å². The van der Waals surface area contributed by atoms with Crippen LogP contribution < -0.4 is 5.32 Å². The fourth-order valence-corrected chi connectivity index (χ4v) is 2.22. The molecule has 0 bridgehead atoms. The average molecular weight is 249 g/mol. The Hall–Kier alpha value is -1.46. The van der Waals surface area contributed by atoms with Crippen molar-refractivity contribution in [3.05, 3.63) is 29.6 Å². The highest BCUT2D eigenvalue weighted by Gasteiger charge is 2.12. The van der Waals surface area contributed by atoms with E-state index < -0.39 is 5.97 Å². The van der Waals surface area contributed by atoms with Gasteiger partial charge in [0.1, 0.15) is 0 Å². The summed E-state index contributed by atoms with van der Waals surface area (Å²) in [4.78, 5) is 17.5. The minimum absolute atomic E-state index is 0.283. The Morgan fingerprint density at radius 2 is 2.22 bits per heavy atom. The van der Waals surface area contributed by atoms with Crippen LogP contribution in [0.2, 0.25) is 0 Å². The van der Waals surface area contributed by atoms with Crippen LogP contribution in [0.3, 0.4) is 0 Å². The Bertz CT molecular complexity index is 403. The van der Waals surface area contributed by atoms with E-state index >= 15 is 0 Å². The van der Waals surface area contributed by atoms with Crippen molar-refractivity contribution in [2.75, 3.05) is 26.2 Å². The Labute approximate surface area is 107 Å². The largest absolute Gasteiger partial charge is 0.478 e. The van der Waals surface area contributed by atoms with E-state index in [-0.39, 0.29) is 5.56 Å². The molecule has 1 aliphatic rings. The van der Waals surface area contributed by atoms with Crippen LogP contribution in [0.25, 0.3) is 0 Å². The van der Waals surface area contributed by atoms with Gasteiger partial charge in [0.05, 0.1) is 11.3 Å². The summed E-state index contributed by atoms with van der Waals surface area (Å²) >= 11 is 0. The molecule has 98 valence electrons. The van der Waals surface area contributed by atoms with Crippen molar-refractivity contribution in [3.8, 4) is 0 Å². The number of aromatic carboxylic acids is 1. The maximum atomic E-state index is 11.0. The molecule has 1 aliphatic heterocycles. The Balaban J connectivity index is 1.77. The van der Waals surface area contributed by atoms with Gasteiger partial charge < -0.3 is 15.3 Å². The van der Waals surface area contributed by atoms with Crippen LogP contribution >= 0.6 is 0 Å². The number of carbonyl (C=O) groups is 1. The van der Waals surface area contributed by atoms with Crippen molar-refractivity contribution < 1.29 is 9.90 Å². The smallest absolute Gasteiger partial charge is 0.337 e. The number of nitrogens with zero attached hydrogens (tertiary/aromatic N) is 2. The van der Waals surface area contributed by atoms with E-state index in [9.17, 15) is 4.79 Å². The second-order valence-corrected chi connectivity index (χ2v) is 4.53. The molecule has 0 atom stereocenters. The fourth-order valence-electron chi connectivity index (χ4n) is 2.22. The van der Waals surface area contributed by atoms with Crippen molar-refractivity contribution in [1.29, 1.82) is 0 Å². The van der Waals surface area contributed by atoms with Crippen LogP contribution in [-0.4, -0.2) is 47.1 Å². The first-order valence-corrected chi connectivity index (χ1v) is 6.37. The van der Waals surface area contributed by atoms with E-state index in [4.69, 9.17) is 5.11 Å². The van der Waals surface area contributed by atoms with E-state index in [1.165, 1.54) is 25.9 Å². The van der Waals surface area contributed by atoms with Gasteiger partial charge >= 0.3 is 5.97 Å². The monoisotopic (exact) mass is 249 g/mol. The predicted octanol–water partition coefficient (Wildman–Crippen LogP) is 0.965. The fraction of sp³-hybridized carbons (Fsp3) is 0.538. The number of pyridine rings is 1. The molecule has 0 aliphatic carbocycles. The molecule has 2 N–H and O–H groups in total. The molecule has 2 rings (SSSR count). The van der Waals surface area contributed by atoms with Crippen LogP contribution in [0.5, 0.6) is 0 Å². The number of hydrogen-bond acceptors (Lipinski definition) is 4. The summed E-state index contributed by atoms with van der Waals surface area (Å²) in [7, 11) is 0. The molecule has 1 saturated heterocycles. The normalized spacial score (nSPS) is 16.0. The molecule has 5 nitrogen and oxygen atoms in total. The summed E-state index contributed by atoms with van der Waals surface area (Å²) < 4.78 is 0. The third-order valence-corrected chi connectivity index (χ3v) is 3.22. The number of carboxylic acids is 1. The van der Waals surface area contributed by atoms with Gasteiger partial charge in [-0.1, -0.05) is 0 Å². The topological polar surface area (TPSA) is 65.5 Å². The lowest BCUT2D eigenvalue weighted by molar-refractivity contribution is 0.0695. The van der Waals surface area contributed by atoms with Gasteiger partial charge in [-0.3, -0.25) is 4.98 Å². The highest BCUT2D eigenvalue weighted by atomic mass is 16.4. The number of hydrogen-bond donors (Lipinski definition) is 2. The summed E-state index contributed by atoms with van der Waals surface area (Å²) in [5, 5.41) is 12.3. The van der Waals surface area contributed by atoms with Crippen molar-refractivity contribution in [1.82, 2.24) is 15.2 Å². The number of rotatable bonds is 6. The quantitative estimate of drug-likeness (QED) is 0.735. The number of aromatic nitrogens is 1. The molecular formula is C13H19N3O2. The van der Waals surface area contributed by atoms with Gasteiger partial charge in [0.2, 0.25) is 0 Å². The predicted molar refractivity (Wildman–Crippen MR) is 68.6 cm³/mol. The molecule has 0 spiro atoms. The molecule has 18 heavy (non-hydrogen) atoms. The van der Waals surface area contributed by atoms with Crippen molar-refractivity contribution in [2.45, 2.75) is 19.4 Å². The molecule has 0 amide bonds. The summed E-state index contributed by atoms with van der Waals surface area (Å²) in [6.45, 7) is 4.78. The van der Waals surface area contributed by atoms with Gasteiger partial charge in [-0.25, -0.2) is 4.79 Å². The van der Waals surface area contributed by atoms with E-state index in [0.29, 0.717) is 12.2 Å². The van der Waals surface area contributed by atoms with Crippen LogP contribution in [-0.2, 0) is 6.54 Å².